The van der Waals surface area contributed by atoms with Gasteiger partial charge in [-0.25, -0.2) is 0 Å². The third kappa shape index (κ3) is 6.80. The lowest BCUT2D eigenvalue weighted by Gasteiger charge is -2.25. The van der Waals surface area contributed by atoms with Crippen LogP contribution in [0.3, 0.4) is 0 Å². The van der Waals surface area contributed by atoms with Crippen molar-refractivity contribution in [2.45, 2.75) is 58.7 Å². The molecule has 0 aliphatic rings. The van der Waals surface area contributed by atoms with Gasteiger partial charge in [0.05, 0.1) is 18.3 Å². The van der Waals surface area contributed by atoms with Gasteiger partial charge in [0.25, 0.3) is 0 Å². The normalized spacial score (nSPS) is 11.9. The number of carbonyl (C=O) groups excluding carboxylic acids is 1. The molecule has 0 heterocycles. The lowest BCUT2D eigenvalue weighted by Crippen LogP contribution is -2.42. The van der Waals surface area contributed by atoms with Crippen LogP contribution in [0.1, 0.15) is 47.0 Å². The first-order chi connectivity index (χ1) is 7.43. The Morgan fingerprint density at radius 1 is 1.38 bits per heavy atom. The average molecular weight is 231 g/mol. The summed E-state index contributed by atoms with van der Waals surface area (Å²) < 4.78 is 5.27. The van der Waals surface area contributed by atoms with Crippen molar-refractivity contribution in [2.75, 3.05) is 13.2 Å². The highest BCUT2D eigenvalue weighted by molar-refractivity contribution is 5.76. The van der Waals surface area contributed by atoms with E-state index in [2.05, 4.69) is 5.32 Å². The second-order valence-corrected chi connectivity index (χ2v) is 4.38. The first-order valence-electron chi connectivity index (χ1n) is 6.04. The number of hydrogen-bond donors (Lipinski definition) is 2. The van der Waals surface area contributed by atoms with Crippen LogP contribution in [-0.2, 0) is 9.53 Å². The van der Waals surface area contributed by atoms with Crippen LogP contribution in [0.2, 0.25) is 0 Å². The minimum atomic E-state index is -0.769. The molecule has 2 N–H and O–H groups in total. The highest BCUT2D eigenvalue weighted by Gasteiger charge is 2.22. The van der Waals surface area contributed by atoms with Gasteiger partial charge in [0.2, 0.25) is 5.91 Å². The Kier molecular flexibility index (Phi) is 7.34. The molecule has 0 aromatic rings. The Morgan fingerprint density at radius 3 is 2.38 bits per heavy atom. The molecular formula is C12H25NO3. The van der Waals surface area contributed by atoms with Crippen LogP contribution in [0.25, 0.3) is 0 Å². The second-order valence-electron chi connectivity index (χ2n) is 4.38. The van der Waals surface area contributed by atoms with Crippen molar-refractivity contribution in [1.29, 1.82) is 0 Å². The molecule has 0 aromatic heterocycles. The van der Waals surface area contributed by atoms with Gasteiger partial charge in [-0.2, -0.15) is 0 Å². The van der Waals surface area contributed by atoms with E-state index in [0.717, 1.165) is 0 Å². The standard InChI is InChI=1S/C12H25NO3/c1-5-12(15,6-2)9-13-11(14)7-8-16-10(3)4/h10,15H,5-9H2,1-4H3,(H,13,14). The first-order valence-corrected chi connectivity index (χ1v) is 6.04. The summed E-state index contributed by atoms with van der Waals surface area (Å²) in [4.78, 5) is 11.4. The van der Waals surface area contributed by atoms with Crippen LogP contribution in [0.15, 0.2) is 0 Å². The predicted octanol–water partition coefficient (Wildman–Crippen LogP) is 1.47. The van der Waals surface area contributed by atoms with Gasteiger partial charge in [-0.15, -0.1) is 0 Å². The lowest BCUT2D eigenvalue weighted by atomic mass is 9.97. The molecule has 0 spiro atoms. The molecule has 4 nitrogen and oxygen atoms in total. The van der Waals surface area contributed by atoms with Gasteiger partial charge in [0, 0.05) is 13.0 Å². The summed E-state index contributed by atoms with van der Waals surface area (Å²) >= 11 is 0. The molecule has 0 bridgehead atoms. The molecule has 0 unspecified atom stereocenters. The maximum Gasteiger partial charge on any atom is 0.222 e. The topological polar surface area (TPSA) is 58.6 Å². The average Bonchev–Trinajstić information content (AvgIpc) is 2.25. The Morgan fingerprint density at radius 2 is 1.94 bits per heavy atom. The molecule has 0 fully saturated rings. The smallest absolute Gasteiger partial charge is 0.222 e. The molecule has 0 rings (SSSR count). The van der Waals surface area contributed by atoms with E-state index in [1.54, 1.807) is 0 Å². The summed E-state index contributed by atoms with van der Waals surface area (Å²) in [6.07, 6.45) is 1.79. The van der Waals surface area contributed by atoms with Crippen molar-refractivity contribution in [3.63, 3.8) is 0 Å². The summed E-state index contributed by atoms with van der Waals surface area (Å²) in [5.41, 5.74) is -0.769. The van der Waals surface area contributed by atoms with E-state index < -0.39 is 5.60 Å². The van der Waals surface area contributed by atoms with Crippen molar-refractivity contribution < 1.29 is 14.6 Å². The quantitative estimate of drug-likeness (QED) is 0.665. The third-order valence-electron chi connectivity index (χ3n) is 2.71. The molecule has 16 heavy (non-hydrogen) atoms. The fraction of sp³-hybridized carbons (Fsp3) is 0.917. The van der Waals surface area contributed by atoms with E-state index in [-0.39, 0.29) is 12.0 Å². The van der Waals surface area contributed by atoms with Gasteiger partial charge >= 0.3 is 0 Å². The maximum absolute atomic E-state index is 11.4. The van der Waals surface area contributed by atoms with Crippen molar-refractivity contribution >= 4 is 5.91 Å². The zero-order valence-corrected chi connectivity index (χ0v) is 10.9. The fourth-order valence-electron chi connectivity index (χ4n) is 1.24. The molecule has 0 radical (unpaired) electrons. The number of aliphatic hydroxyl groups is 1. The van der Waals surface area contributed by atoms with E-state index >= 15 is 0 Å². The number of rotatable bonds is 8. The van der Waals surface area contributed by atoms with Crippen molar-refractivity contribution in [1.82, 2.24) is 5.32 Å². The minimum Gasteiger partial charge on any atom is -0.388 e. The van der Waals surface area contributed by atoms with Crippen LogP contribution >= 0.6 is 0 Å². The van der Waals surface area contributed by atoms with Crippen molar-refractivity contribution in [2.24, 2.45) is 0 Å². The van der Waals surface area contributed by atoms with Crippen LogP contribution < -0.4 is 5.32 Å². The van der Waals surface area contributed by atoms with Gasteiger partial charge in [0.15, 0.2) is 0 Å². The van der Waals surface area contributed by atoms with E-state index in [1.807, 2.05) is 27.7 Å². The Bertz CT molecular complexity index is 200. The SMILES string of the molecule is CCC(O)(CC)CNC(=O)CCOC(C)C. The summed E-state index contributed by atoms with van der Waals surface area (Å²) in [5, 5.41) is 12.7. The zero-order valence-electron chi connectivity index (χ0n) is 10.9. The number of amides is 1. The van der Waals surface area contributed by atoms with Crippen molar-refractivity contribution in [3.05, 3.63) is 0 Å². The van der Waals surface area contributed by atoms with Gasteiger partial charge < -0.3 is 15.2 Å². The molecule has 0 atom stereocenters. The van der Waals surface area contributed by atoms with E-state index in [1.165, 1.54) is 0 Å². The summed E-state index contributed by atoms with van der Waals surface area (Å²) in [5.74, 6) is -0.0685. The summed E-state index contributed by atoms with van der Waals surface area (Å²) in [6.45, 7) is 8.45. The largest absolute Gasteiger partial charge is 0.388 e. The zero-order chi connectivity index (χ0) is 12.6. The van der Waals surface area contributed by atoms with Gasteiger partial charge in [-0.05, 0) is 26.7 Å². The number of hydrogen-bond acceptors (Lipinski definition) is 3. The number of ether oxygens (including phenoxy) is 1. The third-order valence-corrected chi connectivity index (χ3v) is 2.71. The van der Waals surface area contributed by atoms with Gasteiger partial charge in [-0.1, -0.05) is 13.8 Å². The van der Waals surface area contributed by atoms with Crippen LogP contribution in [0.4, 0.5) is 0 Å². The number of carbonyl (C=O) groups is 1. The molecule has 0 aliphatic carbocycles. The van der Waals surface area contributed by atoms with Gasteiger partial charge in [0.1, 0.15) is 0 Å². The highest BCUT2D eigenvalue weighted by Crippen LogP contribution is 2.12. The van der Waals surface area contributed by atoms with E-state index in [4.69, 9.17) is 4.74 Å². The van der Waals surface area contributed by atoms with Crippen molar-refractivity contribution in [3.8, 4) is 0 Å². The first kappa shape index (κ1) is 15.4. The van der Waals surface area contributed by atoms with Crippen LogP contribution in [0.5, 0.6) is 0 Å². The minimum absolute atomic E-state index is 0.0685. The fourth-order valence-corrected chi connectivity index (χ4v) is 1.24. The monoisotopic (exact) mass is 231 g/mol. The molecule has 0 saturated carbocycles. The summed E-state index contributed by atoms with van der Waals surface area (Å²) in [7, 11) is 0. The molecule has 0 aliphatic heterocycles. The van der Waals surface area contributed by atoms with Gasteiger partial charge in [-0.3, -0.25) is 4.79 Å². The molecule has 0 aromatic carbocycles. The molecule has 4 heteroatoms. The molecule has 96 valence electrons. The maximum atomic E-state index is 11.4. The molecule has 0 saturated heterocycles. The predicted molar refractivity (Wildman–Crippen MR) is 64.2 cm³/mol. The highest BCUT2D eigenvalue weighted by atomic mass is 16.5. The molecule has 1 amide bonds. The Balaban J connectivity index is 3.72. The van der Waals surface area contributed by atoms with Crippen LogP contribution in [0, 0.1) is 0 Å². The lowest BCUT2D eigenvalue weighted by molar-refractivity contribution is -0.123. The van der Waals surface area contributed by atoms with E-state index in [0.29, 0.717) is 32.4 Å². The number of nitrogens with one attached hydrogen (secondary N) is 1. The van der Waals surface area contributed by atoms with E-state index in [9.17, 15) is 9.90 Å². The van der Waals surface area contributed by atoms with Crippen LogP contribution in [-0.4, -0.2) is 35.9 Å². The Labute approximate surface area is 98.4 Å². The molecular weight excluding hydrogens is 206 g/mol. The Hall–Kier alpha value is -0.610. The second kappa shape index (κ2) is 7.63. The summed E-state index contributed by atoms with van der Waals surface area (Å²) in [6, 6.07) is 0.